The van der Waals surface area contributed by atoms with Gasteiger partial charge in [0.25, 0.3) is 0 Å². The normalized spacial score (nSPS) is 12.6. The number of nitrogens with one attached hydrogen (secondary N) is 1. The van der Waals surface area contributed by atoms with Crippen LogP contribution in [0.15, 0.2) is 40.8 Å². The van der Waals surface area contributed by atoms with Crippen molar-refractivity contribution in [1.29, 1.82) is 0 Å². The van der Waals surface area contributed by atoms with Crippen molar-refractivity contribution >= 4 is 0 Å². The summed E-state index contributed by atoms with van der Waals surface area (Å²) in [6.45, 7) is 3.67. The van der Waals surface area contributed by atoms with Crippen molar-refractivity contribution in [1.82, 2.24) is 10.2 Å². The monoisotopic (exact) mass is 288 g/mol. The number of benzene rings is 1. The summed E-state index contributed by atoms with van der Waals surface area (Å²) < 4.78 is 11.6. The first-order valence-electron chi connectivity index (χ1n) is 7.25. The Labute approximate surface area is 126 Å². The van der Waals surface area contributed by atoms with E-state index in [-0.39, 0.29) is 6.04 Å². The Morgan fingerprint density at radius 3 is 2.48 bits per heavy atom. The SMILES string of the molecule is CNC(C)c1ccc(-c2ccc(OCCN(C)C)cc2)o1. The molecule has 1 aromatic carbocycles. The number of hydrogen-bond acceptors (Lipinski definition) is 4. The van der Waals surface area contributed by atoms with Gasteiger partial charge in [-0.1, -0.05) is 0 Å². The third-order valence-electron chi connectivity index (χ3n) is 3.43. The molecule has 1 atom stereocenters. The quantitative estimate of drug-likeness (QED) is 0.849. The van der Waals surface area contributed by atoms with Gasteiger partial charge < -0.3 is 19.4 Å². The summed E-state index contributed by atoms with van der Waals surface area (Å²) >= 11 is 0. The Bertz CT molecular complexity index is 546. The van der Waals surface area contributed by atoms with E-state index >= 15 is 0 Å². The van der Waals surface area contributed by atoms with E-state index in [4.69, 9.17) is 9.15 Å². The predicted octanol–water partition coefficient (Wildman–Crippen LogP) is 3.17. The van der Waals surface area contributed by atoms with Gasteiger partial charge in [-0.2, -0.15) is 0 Å². The van der Waals surface area contributed by atoms with Crippen molar-refractivity contribution in [3.05, 3.63) is 42.2 Å². The largest absolute Gasteiger partial charge is 0.492 e. The van der Waals surface area contributed by atoms with Gasteiger partial charge in [0.15, 0.2) is 0 Å². The van der Waals surface area contributed by atoms with E-state index in [1.165, 1.54) is 0 Å². The molecule has 1 N–H and O–H groups in total. The molecule has 0 saturated heterocycles. The highest BCUT2D eigenvalue weighted by Crippen LogP contribution is 2.26. The smallest absolute Gasteiger partial charge is 0.134 e. The van der Waals surface area contributed by atoms with Crippen molar-refractivity contribution in [2.75, 3.05) is 34.3 Å². The van der Waals surface area contributed by atoms with Crippen LogP contribution in [0.2, 0.25) is 0 Å². The topological polar surface area (TPSA) is 37.6 Å². The molecule has 0 bridgehead atoms. The van der Waals surface area contributed by atoms with E-state index in [1.807, 2.05) is 57.5 Å². The second-order valence-corrected chi connectivity index (χ2v) is 5.39. The third-order valence-corrected chi connectivity index (χ3v) is 3.43. The molecule has 0 aliphatic heterocycles. The zero-order chi connectivity index (χ0) is 15.2. The van der Waals surface area contributed by atoms with Crippen LogP contribution < -0.4 is 10.1 Å². The van der Waals surface area contributed by atoms with Crippen LogP contribution in [0, 0.1) is 0 Å². The van der Waals surface area contributed by atoms with E-state index in [9.17, 15) is 0 Å². The summed E-state index contributed by atoms with van der Waals surface area (Å²) in [5.74, 6) is 2.71. The van der Waals surface area contributed by atoms with Crippen LogP contribution in [0.3, 0.4) is 0 Å². The average Bonchev–Trinajstić information content (AvgIpc) is 2.96. The fourth-order valence-electron chi connectivity index (χ4n) is 1.94. The lowest BCUT2D eigenvalue weighted by atomic mass is 10.2. The van der Waals surface area contributed by atoms with Gasteiger partial charge in [0.1, 0.15) is 23.9 Å². The number of nitrogens with zero attached hydrogens (tertiary/aromatic N) is 1. The van der Waals surface area contributed by atoms with Gasteiger partial charge in [-0.15, -0.1) is 0 Å². The van der Waals surface area contributed by atoms with Gasteiger partial charge in [-0.3, -0.25) is 0 Å². The maximum atomic E-state index is 5.86. The molecule has 0 amide bonds. The summed E-state index contributed by atoms with van der Waals surface area (Å²) in [6.07, 6.45) is 0. The molecule has 4 nitrogen and oxygen atoms in total. The Balaban J connectivity index is 2.00. The Kier molecular flexibility index (Phi) is 5.42. The van der Waals surface area contributed by atoms with Crippen molar-refractivity contribution in [2.45, 2.75) is 13.0 Å². The third kappa shape index (κ3) is 4.34. The fraction of sp³-hybridized carbons (Fsp3) is 0.412. The molecule has 2 rings (SSSR count). The van der Waals surface area contributed by atoms with Crippen LogP contribution in [0.1, 0.15) is 18.7 Å². The van der Waals surface area contributed by atoms with Gasteiger partial charge in [0.2, 0.25) is 0 Å². The first-order chi connectivity index (χ1) is 10.1. The summed E-state index contributed by atoms with van der Waals surface area (Å²) in [6, 6.07) is 12.2. The number of hydrogen-bond donors (Lipinski definition) is 1. The van der Waals surface area contributed by atoms with E-state index in [0.717, 1.165) is 29.4 Å². The van der Waals surface area contributed by atoms with Crippen molar-refractivity contribution in [3.8, 4) is 17.1 Å². The Hall–Kier alpha value is -1.78. The van der Waals surface area contributed by atoms with Crippen molar-refractivity contribution in [3.63, 3.8) is 0 Å². The molecule has 0 radical (unpaired) electrons. The van der Waals surface area contributed by atoms with Gasteiger partial charge in [0.05, 0.1) is 6.04 Å². The molecule has 0 aliphatic rings. The fourth-order valence-corrected chi connectivity index (χ4v) is 1.94. The lowest BCUT2D eigenvalue weighted by Gasteiger charge is -2.11. The second kappa shape index (κ2) is 7.29. The van der Waals surface area contributed by atoms with Crippen LogP contribution in [0.25, 0.3) is 11.3 Å². The molecule has 2 aromatic rings. The molecule has 0 fully saturated rings. The molecule has 1 aromatic heterocycles. The van der Waals surface area contributed by atoms with E-state index in [2.05, 4.69) is 17.1 Å². The van der Waals surface area contributed by atoms with Crippen LogP contribution in [-0.4, -0.2) is 39.2 Å². The maximum absolute atomic E-state index is 5.86. The van der Waals surface area contributed by atoms with Crippen LogP contribution in [0.5, 0.6) is 5.75 Å². The maximum Gasteiger partial charge on any atom is 0.134 e. The van der Waals surface area contributed by atoms with Gasteiger partial charge in [-0.25, -0.2) is 0 Å². The Morgan fingerprint density at radius 1 is 1.14 bits per heavy atom. The number of ether oxygens (including phenoxy) is 1. The predicted molar refractivity (Wildman–Crippen MR) is 85.7 cm³/mol. The summed E-state index contributed by atoms with van der Waals surface area (Å²) in [5, 5.41) is 3.17. The summed E-state index contributed by atoms with van der Waals surface area (Å²) in [4.78, 5) is 2.10. The van der Waals surface area contributed by atoms with Crippen molar-refractivity contribution < 1.29 is 9.15 Å². The van der Waals surface area contributed by atoms with E-state index in [1.54, 1.807) is 0 Å². The molecule has 114 valence electrons. The zero-order valence-corrected chi connectivity index (χ0v) is 13.2. The lowest BCUT2D eigenvalue weighted by Crippen LogP contribution is -2.19. The zero-order valence-electron chi connectivity index (χ0n) is 13.2. The average molecular weight is 288 g/mol. The van der Waals surface area contributed by atoms with Crippen molar-refractivity contribution in [2.24, 2.45) is 0 Å². The molecule has 1 heterocycles. The number of rotatable bonds is 7. The first kappa shape index (κ1) is 15.6. The van der Waals surface area contributed by atoms with E-state index < -0.39 is 0 Å². The molecule has 21 heavy (non-hydrogen) atoms. The van der Waals surface area contributed by atoms with Gasteiger partial charge >= 0.3 is 0 Å². The molecule has 0 saturated carbocycles. The standard InChI is InChI=1S/C17H24N2O2/c1-13(18-2)16-9-10-17(21-16)14-5-7-15(8-6-14)20-12-11-19(3)4/h5-10,13,18H,11-12H2,1-4H3. The summed E-state index contributed by atoms with van der Waals surface area (Å²) in [5.41, 5.74) is 1.06. The molecular weight excluding hydrogens is 264 g/mol. The molecule has 0 aliphatic carbocycles. The Morgan fingerprint density at radius 2 is 1.86 bits per heavy atom. The minimum Gasteiger partial charge on any atom is -0.492 e. The molecule has 1 unspecified atom stereocenters. The first-order valence-corrected chi connectivity index (χ1v) is 7.25. The highest BCUT2D eigenvalue weighted by molar-refractivity contribution is 5.58. The van der Waals surface area contributed by atoms with Crippen LogP contribution >= 0.6 is 0 Å². The van der Waals surface area contributed by atoms with E-state index in [0.29, 0.717) is 6.61 Å². The second-order valence-electron chi connectivity index (χ2n) is 5.39. The minimum absolute atomic E-state index is 0.215. The highest BCUT2D eigenvalue weighted by Gasteiger charge is 2.09. The molecule has 4 heteroatoms. The minimum atomic E-state index is 0.215. The lowest BCUT2D eigenvalue weighted by molar-refractivity contribution is 0.261. The van der Waals surface area contributed by atoms with Crippen LogP contribution in [-0.2, 0) is 0 Å². The summed E-state index contributed by atoms with van der Waals surface area (Å²) in [7, 11) is 5.99. The molecule has 0 spiro atoms. The van der Waals surface area contributed by atoms with Gasteiger partial charge in [-0.05, 0) is 64.5 Å². The number of likely N-dealkylation sites (N-methyl/N-ethyl adjacent to an activating group) is 1. The van der Waals surface area contributed by atoms with Crippen LogP contribution in [0.4, 0.5) is 0 Å². The molecular formula is C17H24N2O2. The highest BCUT2D eigenvalue weighted by atomic mass is 16.5. The number of furan rings is 1. The van der Waals surface area contributed by atoms with Gasteiger partial charge in [0, 0.05) is 12.1 Å².